The van der Waals surface area contributed by atoms with Crippen LogP contribution in [-0.4, -0.2) is 52.4 Å². The van der Waals surface area contributed by atoms with E-state index in [-0.39, 0.29) is 23.4 Å². The number of sulfonamides is 1. The molecule has 1 heterocycles. The first-order valence-electron chi connectivity index (χ1n) is 11.5. The van der Waals surface area contributed by atoms with Crippen LogP contribution in [0.2, 0.25) is 0 Å². The number of carbonyl (C=O) groups is 1. The molecule has 33 heavy (non-hydrogen) atoms. The van der Waals surface area contributed by atoms with Crippen LogP contribution in [0.1, 0.15) is 48.9 Å². The average Bonchev–Trinajstić information content (AvgIpc) is 2.79. The van der Waals surface area contributed by atoms with E-state index in [1.807, 2.05) is 32.0 Å². The summed E-state index contributed by atoms with van der Waals surface area (Å²) in [7, 11) is 0.226. The van der Waals surface area contributed by atoms with Crippen molar-refractivity contribution in [1.82, 2.24) is 9.62 Å². The van der Waals surface area contributed by atoms with Gasteiger partial charge in [0, 0.05) is 27.2 Å². The maximum atomic E-state index is 13.1. The molecule has 2 N–H and O–H groups in total. The minimum Gasteiger partial charge on any atom is -0.376 e. The Hall–Kier alpha value is -2.58. The van der Waals surface area contributed by atoms with Gasteiger partial charge in [0.25, 0.3) is 0 Å². The van der Waals surface area contributed by atoms with Crippen LogP contribution in [0.3, 0.4) is 0 Å². The van der Waals surface area contributed by atoms with E-state index in [0.29, 0.717) is 18.8 Å². The van der Waals surface area contributed by atoms with E-state index in [2.05, 4.69) is 36.6 Å². The minimum atomic E-state index is -3.55. The predicted octanol–water partition coefficient (Wildman–Crippen LogP) is 3.83. The second-order valence-electron chi connectivity index (χ2n) is 9.02. The van der Waals surface area contributed by atoms with Crippen molar-refractivity contribution in [2.24, 2.45) is 0 Å². The number of piperidine rings is 1. The van der Waals surface area contributed by atoms with Crippen LogP contribution in [0.5, 0.6) is 0 Å². The maximum absolute atomic E-state index is 13.1. The summed E-state index contributed by atoms with van der Waals surface area (Å²) >= 11 is 0. The highest BCUT2D eigenvalue weighted by molar-refractivity contribution is 7.89. The lowest BCUT2D eigenvalue weighted by molar-refractivity contribution is -0.120. The molecular formula is C25H36N4O3S. The van der Waals surface area contributed by atoms with Crippen molar-refractivity contribution in [3.8, 4) is 0 Å². The summed E-state index contributed by atoms with van der Waals surface area (Å²) in [5.41, 5.74) is 4.90. The third-order valence-corrected chi connectivity index (χ3v) is 8.15. The number of aryl methyl sites for hydroxylation is 2. The number of hydrogen-bond donors (Lipinski definition) is 2. The Morgan fingerprint density at radius 3 is 2.36 bits per heavy atom. The molecule has 0 radical (unpaired) electrons. The first kappa shape index (κ1) is 25.1. The second-order valence-corrected chi connectivity index (χ2v) is 11.0. The summed E-state index contributed by atoms with van der Waals surface area (Å²) in [5, 5.41) is 6.17. The van der Waals surface area contributed by atoms with Gasteiger partial charge in [0.1, 0.15) is 0 Å². The van der Waals surface area contributed by atoms with Gasteiger partial charge in [0.05, 0.1) is 28.9 Å². The molecule has 1 fully saturated rings. The number of rotatable bonds is 8. The van der Waals surface area contributed by atoms with Crippen molar-refractivity contribution in [1.29, 1.82) is 0 Å². The number of anilines is 2. The number of amides is 1. The van der Waals surface area contributed by atoms with E-state index < -0.39 is 10.0 Å². The molecule has 2 aromatic rings. The molecular weight excluding hydrogens is 436 g/mol. The average molecular weight is 473 g/mol. The lowest BCUT2D eigenvalue weighted by Gasteiger charge is -2.27. The lowest BCUT2D eigenvalue weighted by atomic mass is 10.0. The van der Waals surface area contributed by atoms with Gasteiger partial charge >= 0.3 is 0 Å². The highest BCUT2D eigenvalue weighted by atomic mass is 32.2. The lowest BCUT2D eigenvalue weighted by Crippen LogP contribution is -2.35. The molecule has 1 aliphatic heterocycles. The monoisotopic (exact) mass is 472 g/mol. The molecule has 1 atom stereocenters. The first-order valence-corrected chi connectivity index (χ1v) is 13.0. The van der Waals surface area contributed by atoms with Crippen LogP contribution < -0.4 is 15.5 Å². The molecule has 3 rings (SSSR count). The SMILES string of the molecule is Cc1ccc(C(C)NC(=O)CNc2cc(S(=O)(=O)N3CCCCC3)ccc2N(C)C)cc1C. The van der Waals surface area contributed by atoms with Crippen molar-refractivity contribution in [2.75, 3.05) is 43.9 Å². The van der Waals surface area contributed by atoms with Gasteiger partial charge in [-0.2, -0.15) is 4.31 Å². The molecule has 1 saturated heterocycles. The normalized spacial score (nSPS) is 15.7. The van der Waals surface area contributed by atoms with Crippen LogP contribution >= 0.6 is 0 Å². The topological polar surface area (TPSA) is 81.8 Å². The summed E-state index contributed by atoms with van der Waals surface area (Å²) in [6.45, 7) is 7.23. The largest absolute Gasteiger partial charge is 0.376 e. The molecule has 0 aromatic heterocycles. The van der Waals surface area contributed by atoms with Crippen LogP contribution in [0.25, 0.3) is 0 Å². The zero-order valence-corrected chi connectivity index (χ0v) is 21.1. The fourth-order valence-electron chi connectivity index (χ4n) is 4.05. The van der Waals surface area contributed by atoms with Gasteiger partial charge in [-0.15, -0.1) is 0 Å². The minimum absolute atomic E-state index is 0.0449. The van der Waals surface area contributed by atoms with E-state index in [9.17, 15) is 13.2 Å². The van der Waals surface area contributed by atoms with Crippen molar-refractivity contribution < 1.29 is 13.2 Å². The molecule has 1 unspecified atom stereocenters. The summed E-state index contributed by atoms with van der Waals surface area (Å²) in [6.07, 6.45) is 2.84. The van der Waals surface area contributed by atoms with E-state index in [1.54, 1.807) is 22.5 Å². The Morgan fingerprint density at radius 2 is 1.73 bits per heavy atom. The molecule has 7 nitrogen and oxygen atoms in total. The number of benzene rings is 2. The van der Waals surface area contributed by atoms with Gasteiger partial charge in [0.15, 0.2) is 0 Å². The van der Waals surface area contributed by atoms with Gasteiger partial charge < -0.3 is 15.5 Å². The molecule has 0 aliphatic carbocycles. The van der Waals surface area contributed by atoms with Gasteiger partial charge in [0.2, 0.25) is 15.9 Å². The van der Waals surface area contributed by atoms with E-state index >= 15 is 0 Å². The Labute approximate surface area is 198 Å². The van der Waals surface area contributed by atoms with E-state index in [1.165, 1.54) is 11.1 Å². The fraction of sp³-hybridized carbons (Fsp3) is 0.480. The van der Waals surface area contributed by atoms with Crippen LogP contribution in [-0.2, 0) is 14.8 Å². The fourth-order valence-corrected chi connectivity index (χ4v) is 5.59. The van der Waals surface area contributed by atoms with Gasteiger partial charge in [-0.05, 0) is 68.5 Å². The third kappa shape index (κ3) is 6.06. The van der Waals surface area contributed by atoms with Crippen molar-refractivity contribution >= 4 is 27.3 Å². The zero-order chi connectivity index (χ0) is 24.2. The Morgan fingerprint density at radius 1 is 1.03 bits per heavy atom. The summed E-state index contributed by atoms with van der Waals surface area (Å²) < 4.78 is 27.8. The van der Waals surface area contributed by atoms with E-state index in [0.717, 1.165) is 30.5 Å². The predicted molar refractivity (Wildman–Crippen MR) is 134 cm³/mol. The van der Waals surface area contributed by atoms with Gasteiger partial charge in [-0.3, -0.25) is 4.79 Å². The summed E-state index contributed by atoms with van der Waals surface area (Å²) in [6, 6.07) is 11.1. The van der Waals surface area contributed by atoms with Crippen LogP contribution in [0, 0.1) is 13.8 Å². The quantitative estimate of drug-likeness (QED) is 0.610. The molecule has 1 amide bonds. The van der Waals surface area contributed by atoms with E-state index in [4.69, 9.17) is 0 Å². The van der Waals surface area contributed by atoms with Crippen molar-refractivity contribution in [2.45, 2.75) is 51.0 Å². The second kappa shape index (κ2) is 10.6. The zero-order valence-electron chi connectivity index (χ0n) is 20.3. The molecule has 2 aromatic carbocycles. The third-order valence-electron chi connectivity index (χ3n) is 6.25. The van der Waals surface area contributed by atoms with Crippen molar-refractivity contribution in [3.63, 3.8) is 0 Å². The van der Waals surface area contributed by atoms with Gasteiger partial charge in [-0.25, -0.2) is 8.42 Å². The Kier molecular flexibility index (Phi) is 8.02. The standard InChI is InChI=1S/C25H36N4O3S/c1-18-9-10-21(15-19(18)2)20(3)27-25(30)17-26-23-16-22(11-12-24(23)28(4)5)33(31,32)29-13-7-6-8-14-29/h9-12,15-16,20,26H,6-8,13-14,17H2,1-5H3,(H,27,30). The first-order chi connectivity index (χ1) is 15.6. The Balaban J connectivity index is 1.72. The number of nitrogens with zero attached hydrogens (tertiary/aromatic N) is 2. The summed E-state index contributed by atoms with van der Waals surface area (Å²) in [4.78, 5) is 14.8. The maximum Gasteiger partial charge on any atom is 0.243 e. The van der Waals surface area contributed by atoms with Crippen LogP contribution in [0.4, 0.5) is 11.4 Å². The molecule has 0 saturated carbocycles. The number of nitrogens with one attached hydrogen (secondary N) is 2. The number of carbonyl (C=O) groups excluding carboxylic acids is 1. The smallest absolute Gasteiger partial charge is 0.243 e. The van der Waals surface area contributed by atoms with Crippen LogP contribution in [0.15, 0.2) is 41.3 Å². The molecule has 0 bridgehead atoms. The molecule has 180 valence electrons. The van der Waals surface area contributed by atoms with Crippen molar-refractivity contribution in [3.05, 3.63) is 53.1 Å². The highest BCUT2D eigenvalue weighted by Crippen LogP contribution is 2.30. The Bertz CT molecular complexity index is 1090. The molecule has 8 heteroatoms. The molecule has 0 spiro atoms. The van der Waals surface area contributed by atoms with Gasteiger partial charge in [-0.1, -0.05) is 24.6 Å². The number of hydrogen-bond acceptors (Lipinski definition) is 5. The molecule has 1 aliphatic rings. The summed E-state index contributed by atoms with van der Waals surface area (Å²) in [5.74, 6) is -0.158. The highest BCUT2D eigenvalue weighted by Gasteiger charge is 2.27.